The predicted octanol–water partition coefficient (Wildman–Crippen LogP) is 2.91. The summed E-state index contributed by atoms with van der Waals surface area (Å²) in [4.78, 5) is 14.6. The minimum Gasteiger partial charge on any atom is -0.412 e. The fraction of sp³-hybridized carbons (Fsp3) is 0.348. The third kappa shape index (κ3) is 5.23. The van der Waals surface area contributed by atoms with Crippen molar-refractivity contribution < 1.29 is 17.6 Å². The first-order valence-electron chi connectivity index (χ1n) is 10.8. The Labute approximate surface area is 193 Å². The molecule has 1 amide bonds. The van der Waals surface area contributed by atoms with Crippen LogP contribution in [-0.4, -0.2) is 56.0 Å². The fourth-order valence-corrected chi connectivity index (χ4v) is 5.14. The average Bonchev–Trinajstić information content (AvgIpc) is 3.34. The second-order valence-corrected chi connectivity index (χ2v) is 10.1. The number of piperidine rings is 1. The Morgan fingerprint density at radius 3 is 2.30 bits per heavy atom. The first-order chi connectivity index (χ1) is 15.8. The summed E-state index contributed by atoms with van der Waals surface area (Å²) >= 11 is 0. The lowest BCUT2D eigenvalue weighted by molar-refractivity contribution is 0.0917. The van der Waals surface area contributed by atoms with E-state index in [1.54, 1.807) is 12.1 Å². The summed E-state index contributed by atoms with van der Waals surface area (Å²) in [5.74, 6) is -0.480. The summed E-state index contributed by atoms with van der Waals surface area (Å²) in [5, 5.41) is 10.5. The summed E-state index contributed by atoms with van der Waals surface area (Å²) < 4.78 is 32.6. The van der Waals surface area contributed by atoms with Crippen molar-refractivity contribution in [3.63, 3.8) is 0 Å². The van der Waals surface area contributed by atoms with Crippen molar-refractivity contribution in [3.05, 3.63) is 60.0 Å². The molecule has 0 radical (unpaired) electrons. The zero-order chi connectivity index (χ0) is 23.4. The topological polar surface area (TPSA) is 109 Å². The minimum absolute atomic E-state index is 0.150. The third-order valence-corrected chi connectivity index (χ3v) is 7.49. The van der Waals surface area contributed by atoms with Crippen LogP contribution in [0, 0.1) is 0 Å². The van der Waals surface area contributed by atoms with Crippen LogP contribution in [0.15, 0.2) is 57.8 Å². The summed E-state index contributed by atoms with van der Waals surface area (Å²) in [6.45, 7) is 1.42. The van der Waals surface area contributed by atoms with Crippen LogP contribution >= 0.6 is 0 Å². The van der Waals surface area contributed by atoms with Crippen molar-refractivity contribution in [2.24, 2.45) is 0 Å². The number of hydrogen-bond donors (Lipinski definition) is 1. The molecule has 1 aromatic heterocycles. The molecule has 1 fully saturated rings. The van der Waals surface area contributed by atoms with E-state index in [1.165, 1.54) is 16.4 Å². The van der Waals surface area contributed by atoms with Gasteiger partial charge in [-0.05, 0) is 54.8 Å². The molecule has 33 heavy (non-hydrogen) atoms. The molecule has 1 saturated heterocycles. The van der Waals surface area contributed by atoms with Gasteiger partial charge in [0, 0.05) is 45.0 Å². The van der Waals surface area contributed by atoms with Crippen molar-refractivity contribution in [3.8, 4) is 11.5 Å². The molecular formula is C23H27N5O4S. The number of aromatic nitrogens is 2. The highest BCUT2D eigenvalue weighted by molar-refractivity contribution is 7.89. The molecule has 1 aliphatic rings. The number of amides is 1. The molecule has 0 unspecified atom stereocenters. The molecule has 1 aliphatic heterocycles. The summed E-state index contributed by atoms with van der Waals surface area (Å²) in [6.07, 6.45) is 2.82. The van der Waals surface area contributed by atoms with E-state index in [9.17, 15) is 13.2 Å². The summed E-state index contributed by atoms with van der Waals surface area (Å²) in [6, 6.07) is 14.1. The van der Waals surface area contributed by atoms with Gasteiger partial charge in [0.1, 0.15) is 0 Å². The van der Waals surface area contributed by atoms with Gasteiger partial charge in [-0.25, -0.2) is 8.42 Å². The molecule has 1 N–H and O–H groups in total. The Kier molecular flexibility index (Phi) is 6.75. The second kappa shape index (κ2) is 9.72. The van der Waals surface area contributed by atoms with Crippen molar-refractivity contribution in [1.82, 2.24) is 19.8 Å². The third-order valence-electron chi connectivity index (χ3n) is 5.58. The van der Waals surface area contributed by atoms with Gasteiger partial charge in [0.25, 0.3) is 0 Å². The molecule has 0 bridgehead atoms. The number of sulfonamides is 1. The Bertz CT molecular complexity index is 1200. The quantitative estimate of drug-likeness (QED) is 0.567. The van der Waals surface area contributed by atoms with Crippen molar-refractivity contribution in [2.75, 3.05) is 32.1 Å². The summed E-state index contributed by atoms with van der Waals surface area (Å²) in [5.41, 5.74) is 2.55. The van der Waals surface area contributed by atoms with Gasteiger partial charge in [0.15, 0.2) is 0 Å². The molecule has 2 aromatic carbocycles. The number of carbonyl (C=O) groups excluding carboxylic acids is 1. The highest BCUT2D eigenvalue weighted by Crippen LogP contribution is 2.24. The maximum atomic E-state index is 12.8. The van der Waals surface area contributed by atoms with Gasteiger partial charge in [-0.15, -0.1) is 10.2 Å². The van der Waals surface area contributed by atoms with Crippen molar-refractivity contribution >= 4 is 21.6 Å². The molecular weight excluding hydrogens is 442 g/mol. The normalized spacial score (nSPS) is 14.7. The van der Waals surface area contributed by atoms with Gasteiger partial charge in [-0.1, -0.05) is 18.6 Å². The van der Waals surface area contributed by atoms with Crippen LogP contribution in [0.2, 0.25) is 0 Å². The standard InChI is InChI=1S/C23H27N5O4S/c1-27(2)19-10-6-17(7-11-19)16-24-21(29)23-26-25-22(32-23)18-8-12-20(13-9-18)33(30,31)28-14-4-3-5-15-28/h6-13H,3-5,14-16H2,1-2H3,(H,24,29). The van der Waals surface area contributed by atoms with Crippen LogP contribution in [-0.2, 0) is 16.6 Å². The van der Waals surface area contributed by atoms with E-state index in [0.29, 0.717) is 25.2 Å². The number of hydrogen-bond acceptors (Lipinski definition) is 7. The number of nitrogens with one attached hydrogen (secondary N) is 1. The molecule has 10 heteroatoms. The molecule has 4 rings (SSSR count). The van der Waals surface area contributed by atoms with Crippen LogP contribution in [0.1, 0.15) is 35.5 Å². The average molecular weight is 470 g/mol. The van der Waals surface area contributed by atoms with E-state index in [-0.39, 0.29) is 16.7 Å². The van der Waals surface area contributed by atoms with Crippen LogP contribution in [0.4, 0.5) is 5.69 Å². The van der Waals surface area contributed by atoms with Gasteiger partial charge in [0.05, 0.1) is 4.90 Å². The van der Waals surface area contributed by atoms with Crippen LogP contribution in [0.3, 0.4) is 0 Å². The van der Waals surface area contributed by atoms with E-state index in [4.69, 9.17) is 4.42 Å². The van der Waals surface area contributed by atoms with Gasteiger partial charge in [-0.3, -0.25) is 4.79 Å². The highest BCUT2D eigenvalue weighted by atomic mass is 32.2. The highest BCUT2D eigenvalue weighted by Gasteiger charge is 2.26. The Balaban J connectivity index is 1.39. The molecule has 2 heterocycles. The molecule has 0 spiro atoms. The zero-order valence-electron chi connectivity index (χ0n) is 18.7. The Morgan fingerprint density at radius 2 is 1.67 bits per heavy atom. The van der Waals surface area contributed by atoms with E-state index >= 15 is 0 Å². The van der Waals surface area contributed by atoms with E-state index in [0.717, 1.165) is 30.5 Å². The van der Waals surface area contributed by atoms with E-state index in [1.807, 2.05) is 43.3 Å². The molecule has 9 nitrogen and oxygen atoms in total. The monoisotopic (exact) mass is 469 g/mol. The van der Waals surface area contributed by atoms with Gasteiger partial charge >= 0.3 is 11.8 Å². The lowest BCUT2D eigenvalue weighted by atomic mass is 10.2. The SMILES string of the molecule is CN(C)c1ccc(CNC(=O)c2nnc(-c3ccc(S(=O)(=O)N4CCCCC4)cc3)o2)cc1. The second-order valence-electron chi connectivity index (χ2n) is 8.15. The van der Waals surface area contributed by atoms with E-state index < -0.39 is 15.9 Å². The first kappa shape index (κ1) is 22.9. The minimum atomic E-state index is -3.51. The first-order valence-corrected chi connectivity index (χ1v) is 12.3. The maximum absolute atomic E-state index is 12.8. The number of carbonyl (C=O) groups is 1. The molecule has 0 aliphatic carbocycles. The lowest BCUT2D eigenvalue weighted by Gasteiger charge is -2.25. The van der Waals surface area contributed by atoms with Crippen LogP contribution in [0.5, 0.6) is 0 Å². The van der Waals surface area contributed by atoms with Crippen molar-refractivity contribution in [2.45, 2.75) is 30.7 Å². The van der Waals surface area contributed by atoms with Gasteiger partial charge in [0.2, 0.25) is 15.9 Å². The predicted molar refractivity (Wildman–Crippen MR) is 124 cm³/mol. The van der Waals surface area contributed by atoms with Crippen LogP contribution in [0.25, 0.3) is 11.5 Å². The van der Waals surface area contributed by atoms with Gasteiger partial charge in [-0.2, -0.15) is 4.31 Å². The summed E-state index contributed by atoms with van der Waals surface area (Å²) in [7, 11) is 0.416. The maximum Gasteiger partial charge on any atom is 0.309 e. The number of rotatable bonds is 7. The lowest BCUT2D eigenvalue weighted by Crippen LogP contribution is -2.35. The Morgan fingerprint density at radius 1 is 1.00 bits per heavy atom. The zero-order valence-corrected chi connectivity index (χ0v) is 19.5. The molecule has 0 saturated carbocycles. The molecule has 3 aromatic rings. The number of anilines is 1. The van der Waals surface area contributed by atoms with Crippen molar-refractivity contribution in [1.29, 1.82) is 0 Å². The molecule has 0 atom stereocenters. The van der Waals surface area contributed by atoms with E-state index in [2.05, 4.69) is 15.5 Å². The number of nitrogens with zero attached hydrogens (tertiary/aromatic N) is 4. The van der Waals surface area contributed by atoms with Gasteiger partial charge < -0.3 is 14.6 Å². The largest absolute Gasteiger partial charge is 0.412 e. The molecule has 174 valence electrons. The Hall–Kier alpha value is -3.24. The fourth-order valence-electron chi connectivity index (χ4n) is 3.63. The van der Waals surface area contributed by atoms with Crippen LogP contribution < -0.4 is 10.2 Å². The smallest absolute Gasteiger partial charge is 0.309 e. The number of benzene rings is 2.